The molecule has 0 fully saturated rings. The van der Waals surface area contributed by atoms with Crippen LogP contribution in [0.4, 0.5) is 0 Å². The first-order valence-electron chi connectivity index (χ1n) is 7.84. The van der Waals surface area contributed by atoms with Crippen LogP contribution >= 0.6 is 11.6 Å². The van der Waals surface area contributed by atoms with Gasteiger partial charge < -0.3 is 19.9 Å². The van der Waals surface area contributed by atoms with Crippen LogP contribution in [0.25, 0.3) is 0 Å². The Labute approximate surface area is 147 Å². The molecule has 24 heavy (non-hydrogen) atoms. The molecule has 1 rings (SSSR count). The monoisotopic (exact) mass is 357 g/mol. The van der Waals surface area contributed by atoms with Gasteiger partial charge >= 0.3 is 5.97 Å². The van der Waals surface area contributed by atoms with Crippen molar-refractivity contribution in [1.29, 1.82) is 0 Å². The molecule has 0 spiro atoms. The van der Waals surface area contributed by atoms with E-state index in [-0.39, 0.29) is 17.0 Å². The predicted octanol–water partition coefficient (Wildman–Crippen LogP) is 3.37. The van der Waals surface area contributed by atoms with Crippen molar-refractivity contribution in [2.24, 2.45) is 5.92 Å². The Morgan fingerprint density at radius 3 is 2.50 bits per heavy atom. The van der Waals surface area contributed by atoms with Gasteiger partial charge in [0, 0.05) is 5.56 Å². The zero-order valence-corrected chi connectivity index (χ0v) is 15.1. The van der Waals surface area contributed by atoms with E-state index in [1.54, 1.807) is 6.92 Å². The van der Waals surface area contributed by atoms with Crippen molar-refractivity contribution in [3.63, 3.8) is 0 Å². The van der Waals surface area contributed by atoms with Gasteiger partial charge in [-0.25, -0.2) is 4.79 Å². The zero-order chi connectivity index (χ0) is 18.3. The molecule has 1 atom stereocenters. The fraction of sp³-hybridized carbons (Fsp3) is 0.529. The molecule has 0 heterocycles. The lowest BCUT2D eigenvalue weighted by molar-refractivity contribution is -0.139. The Morgan fingerprint density at radius 1 is 1.33 bits per heavy atom. The van der Waals surface area contributed by atoms with Gasteiger partial charge in [-0.05, 0) is 30.9 Å². The summed E-state index contributed by atoms with van der Waals surface area (Å²) >= 11 is 6.20. The van der Waals surface area contributed by atoms with Crippen LogP contribution in [0.5, 0.6) is 11.5 Å². The van der Waals surface area contributed by atoms with E-state index < -0.39 is 17.9 Å². The fourth-order valence-corrected chi connectivity index (χ4v) is 2.23. The first kappa shape index (κ1) is 20.1. The highest BCUT2D eigenvalue weighted by molar-refractivity contribution is 6.32. The van der Waals surface area contributed by atoms with E-state index in [4.69, 9.17) is 26.2 Å². The molecule has 0 radical (unpaired) electrons. The Hall–Kier alpha value is -1.95. The van der Waals surface area contributed by atoms with Gasteiger partial charge in [0.25, 0.3) is 5.91 Å². The van der Waals surface area contributed by atoms with Gasteiger partial charge in [-0.3, -0.25) is 4.79 Å². The van der Waals surface area contributed by atoms with Gasteiger partial charge in [0.1, 0.15) is 6.04 Å². The number of hydrogen-bond donors (Lipinski definition) is 2. The molecule has 0 aliphatic carbocycles. The average molecular weight is 358 g/mol. The summed E-state index contributed by atoms with van der Waals surface area (Å²) in [6.45, 7) is 6.33. The number of nitrogens with one attached hydrogen (secondary N) is 1. The average Bonchev–Trinajstić information content (AvgIpc) is 2.52. The van der Waals surface area contributed by atoms with Gasteiger partial charge in [0.05, 0.1) is 18.7 Å². The SMILES string of the molecule is CCC(NC(=O)c1cc(Cl)c(OCCC(C)C)c(OC)c1)C(=O)O. The van der Waals surface area contributed by atoms with E-state index in [1.165, 1.54) is 19.2 Å². The molecule has 2 N–H and O–H groups in total. The summed E-state index contributed by atoms with van der Waals surface area (Å²) in [5.41, 5.74) is 0.216. The standard InChI is InChI=1S/C17H24ClNO5/c1-5-13(17(21)22)19-16(20)11-8-12(18)15(14(9-11)23-4)24-7-6-10(2)3/h8-10,13H,5-7H2,1-4H3,(H,19,20)(H,21,22). The number of methoxy groups -OCH3 is 1. The van der Waals surface area contributed by atoms with Gasteiger partial charge in [0.2, 0.25) is 0 Å². The second-order valence-corrected chi connectivity index (χ2v) is 6.20. The molecule has 0 bridgehead atoms. The number of ether oxygens (including phenoxy) is 2. The van der Waals surface area contributed by atoms with Gasteiger partial charge in [-0.2, -0.15) is 0 Å². The molecule has 1 aromatic rings. The summed E-state index contributed by atoms with van der Waals surface area (Å²) in [6.07, 6.45) is 1.14. The van der Waals surface area contributed by atoms with Crippen molar-refractivity contribution in [2.75, 3.05) is 13.7 Å². The minimum atomic E-state index is -1.09. The number of amides is 1. The summed E-state index contributed by atoms with van der Waals surface area (Å²) in [7, 11) is 1.45. The van der Waals surface area contributed by atoms with Crippen molar-refractivity contribution in [3.8, 4) is 11.5 Å². The number of carbonyl (C=O) groups excluding carboxylic acids is 1. The topological polar surface area (TPSA) is 84.9 Å². The molecule has 1 aromatic carbocycles. The molecule has 134 valence electrons. The van der Waals surface area contributed by atoms with Crippen LogP contribution in [0.15, 0.2) is 12.1 Å². The van der Waals surface area contributed by atoms with E-state index in [2.05, 4.69) is 19.2 Å². The predicted molar refractivity (Wildman–Crippen MR) is 92.1 cm³/mol. The normalized spacial score (nSPS) is 11.9. The number of carboxylic acids is 1. The molecule has 1 amide bonds. The van der Waals surface area contributed by atoms with Crippen LogP contribution in [-0.4, -0.2) is 36.7 Å². The van der Waals surface area contributed by atoms with E-state index >= 15 is 0 Å². The molecule has 0 saturated heterocycles. The van der Waals surface area contributed by atoms with Crippen LogP contribution in [0, 0.1) is 5.92 Å². The van der Waals surface area contributed by atoms with E-state index in [0.29, 0.717) is 24.0 Å². The third-order valence-electron chi connectivity index (χ3n) is 3.44. The first-order valence-corrected chi connectivity index (χ1v) is 8.21. The Balaban J connectivity index is 2.96. The number of carboxylic acid groups (broad SMARTS) is 1. The van der Waals surface area contributed by atoms with E-state index in [0.717, 1.165) is 6.42 Å². The Morgan fingerprint density at radius 2 is 2.00 bits per heavy atom. The van der Waals surface area contributed by atoms with E-state index in [9.17, 15) is 9.59 Å². The summed E-state index contributed by atoms with van der Waals surface area (Å²) in [5, 5.41) is 11.7. The molecule has 0 aliphatic heterocycles. The van der Waals surface area contributed by atoms with Crippen LogP contribution in [-0.2, 0) is 4.79 Å². The molecular formula is C17H24ClNO5. The van der Waals surface area contributed by atoms with Crippen LogP contribution < -0.4 is 14.8 Å². The maximum absolute atomic E-state index is 12.2. The van der Waals surface area contributed by atoms with Crippen molar-refractivity contribution in [3.05, 3.63) is 22.7 Å². The summed E-state index contributed by atoms with van der Waals surface area (Å²) in [6, 6.07) is 1.98. The first-order chi connectivity index (χ1) is 11.3. The quantitative estimate of drug-likeness (QED) is 0.707. The highest BCUT2D eigenvalue weighted by atomic mass is 35.5. The fourth-order valence-electron chi connectivity index (χ4n) is 1.97. The lowest BCUT2D eigenvalue weighted by Gasteiger charge is -2.16. The van der Waals surface area contributed by atoms with Crippen molar-refractivity contribution in [2.45, 2.75) is 39.7 Å². The summed E-state index contributed by atoms with van der Waals surface area (Å²) in [4.78, 5) is 23.3. The third-order valence-corrected chi connectivity index (χ3v) is 3.73. The van der Waals surface area contributed by atoms with Crippen molar-refractivity contribution in [1.82, 2.24) is 5.32 Å². The molecule has 0 aromatic heterocycles. The minimum Gasteiger partial charge on any atom is -0.493 e. The van der Waals surface area contributed by atoms with Crippen LogP contribution in [0.3, 0.4) is 0 Å². The van der Waals surface area contributed by atoms with Gasteiger partial charge in [0.15, 0.2) is 11.5 Å². The zero-order valence-electron chi connectivity index (χ0n) is 14.4. The molecule has 0 aliphatic rings. The maximum atomic E-state index is 12.2. The number of aliphatic carboxylic acids is 1. The number of hydrogen-bond acceptors (Lipinski definition) is 4. The molecule has 6 nitrogen and oxygen atoms in total. The lowest BCUT2D eigenvalue weighted by atomic mass is 10.1. The molecule has 7 heteroatoms. The summed E-state index contributed by atoms with van der Waals surface area (Å²) < 4.78 is 10.9. The van der Waals surface area contributed by atoms with Crippen molar-refractivity contribution >= 4 is 23.5 Å². The van der Waals surface area contributed by atoms with Gasteiger partial charge in [-0.1, -0.05) is 32.4 Å². The smallest absolute Gasteiger partial charge is 0.326 e. The lowest BCUT2D eigenvalue weighted by Crippen LogP contribution is -2.40. The van der Waals surface area contributed by atoms with Crippen LogP contribution in [0.1, 0.15) is 44.0 Å². The molecule has 0 saturated carbocycles. The number of halogens is 1. The Bertz CT molecular complexity index is 589. The largest absolute Gasteiger partial charge is 0.493 e. The second-order valence-electron chi connectivity index (χ2n) is 5.79. The Kier molecular flexibility index (Phi) is 7.85. The van der Waals surface area contributed by atoms with Gasteiger partial charge in [-0.15, -0.1) is 0 Å². The molecular weight excluding hydrogens is 334 g/mol. The number of carbonyl (C=O) groups is 2. The molecule has 1 unspecified atom stereocenters. The highest BCUT2D eigenvalue weighted by Crippen LogP contribution is 2.36. The second kappa shape index (κ2) is 9.37. The minimum absolute atomic E-state index is 0.216. The third kappa shape index (κ3) is 5.60. The summed E-state index contributed by atoms with van der Waals surface area (Å²) in [5.74, 6) is -0.418. The highest BCUT2D eigenvalue weighted by Gasteiger charge is 2.21. The number of benzene rings is 1. The van der Waals surface area contributed by atoms with E-state index in [1.807, 2.05) is 0 Å². The van der Waals surface area contributed by atoms with Crippen LogP contribution in [0.2, 0.25) is 5.02 Å². The maximum Gasteiger partial charge on any atom is 0.326 e. The number of rotatable bonds is 9. The van der Waals surface area contributed by atoms with Crippen molar-refractivity contribution < 1.29 is 24.2 Å².